The normalized spacial score (nSPS) is 10.6. The maximum atomic E-state index is 12.2. The third-order valence-electron chi connectivity index (χ3n) is 3.34. The zero-order chi connectivity index (χ0) is 18.0. The molecule has 2 heterocycles. The molecule has 0 aliphatic rings. The number of rotatable bonds is 4. The maximum absolute atomic E-state index is 12.2. The highest BCUT2D eigenvalue weighted by Gasteiger charge is 2.11. The molecule has 0 fully saturated rings. The molecule has 0 saturated heterocycles. The zero-order valence-electron chi connectivity index (χ0n) is 13.2. The number of amides is 2. The molecular formula is C16H14ClN5O3. The second-order valence-electron chi connectivity index (χ2n) is 5.29. The van der Waals surface area contributed by atoms with Crippen LogP contribution in [0.1, 0.15) is 6.92 Å². The van der Waals surface area contributed by atoms with E-state index in [1.165, 1.54) is 17.4 Å². The number of benzene rings is 1. The van der Waals surface area contributed by atoms with E-state index >= 15 is 0 Å². The summed E-state index contributed by atoms with van der Waals surface area (Å²) < 4.78 is 2.43. The van der Waals surface area contributed by atoms with Crippen LogP contribution in [-0.4, -0.2) is 26.0 Å². The Morgan fingerprint density at radius 1 is 1.20 bits per heavy atom. The van der Waals surface area contributed by atoms with Gasteiger partial charge in [0.05, 0.1) is 10.7 Å². The fraction of sp³-hybridized carbons (Fsp3) is 0.125. The van der Waals surface area contributed by atoms with Gasteiger partial charge in [-0.1, -0.05) is 17.7 Å². The van der Waals surface area contributed by atoms with Gasteiger partial charge in [0.2, 0.25) is 11.8 Å². The Morgan fingerprint density at radius 2 is 2.00 bits per heavy atom. The van der Waals surface area contributed by atoms with Crippen molar-refractivity contribution >= 4 is 40.4 Å². The highest BCUT2D eigenvalue weighted by atomic mass is 35.5. The Bertz CT molecular complexity index is 1020. The average molecular weight is 360 g/mol. The van der Waals surface area contributed by atoms with Gasteiger partial charge in [-0.3, -0.25) is 14.0 Å². The van der Waals surface area contributed by atoms with Crippen LogP contribution in [0.2, 0.25) is 5.02 Å². The Kier molecular flexibility index (Phi) is 4.53. The first kappa shape index (κ1) is 16.7. The molecule has 3 aromatic rings. The van der Waals surface area contributed by atoms with E-state index in [9.17, 15) is 14.4 Å². The number of halogens is 1. The van der Waals surface area contributed by atoms with Crippen LogP contribution in [0.25, 0.3) is 5.65 Å². The fourth-order valence-corrected chi connectivity index (χ4v) is 2.46. The topological polar surface area (TPSA) is 97.5 Å². The lowest BCUT2D eigenvalue weighted by Gasteiger charge is -2.09. The van der Waals surface area contributed by atoms with Crippen molar-refractivity contribution in [1.82, 2.24) is 14.2 Å². The van der Waals surface area contributed by atoms with Crippen LogP contribution in [0.5, 0.6) is 0 Å². The number of hydrogen-bond donors (Lipinski definition) is 2. The largest absolute Gasteiger partial charge is 0.350 e. The van der Waals surface area contributed by atoms with Crippen LogP contribution >= 0.6 is 11.6 Å². The van der Waals surface area contributed by atoms with Crippen LogP contribution in [0, 0.1) is 0 Å². The van der Waals surface area contributed by atoms with Crippen LogP contribution in [0.4, 0.5) is 11.4 Å². The van der Waals surface area contributed by atoms with Crippen molar-refractivity contribution in [2.45, 2.75) is 13.5 Å². The molecule has 0 aliphatic heterocycles. The predicted octanol–water partition coefficient (Wildman–Crippen LogP) is 1.75. The first-order valence-electron chi connectivity index (χ1n) is 7.35. The fourth-order valence-electron chi connectivity index (χ4n) is 2.30. The van der Waals surface area contributed by atoms with Crippen LogP contribution in [0.3, 0.4) is 0 Å². The van der Waals surface area contributed by atoms with Gasteiger partial charge in [-0.15, -0.1) is 5.10 Å². The van der Waals surface area contributed by atoms with E-state index in [2.05, 4.69) is 15.7 Å². The Hall–Kier alpha value is -3.13. The molecule has 2 aromatic heterocycles. The minimum absolute atomic E-state index is 0.237. The lowest BCUT2D eigenvalue weighted by Crippen LogP contribution is -2.28. The third-order valence-corrected chi connectivity index (χ3v) is 3.67. The number of fused-ring (bicyclic) bond motifs is 1. The number of pyridine rings is 1. The van der Waals surface area contributed by atoms with Gasteiger partial charge >= 0.3 is 5.69 Å². The molecular weight excluding hydrogens is 346 g/mol. The zero-order valence-corrected chi connectivity index (χ0v) is 13.9. The average Bonchev–Trinajstić information content (AvgIpc) is 2.86. The van der Waals surface area contributed by atoms with E-state index in [4.69, 9.17) is 11.6 Å². The molecule has 2 N–H and O–H groups in total. The van der Waals surface area contributed by atoms with Crippen LogP contribution in [-0.2, 0) is 16.1 Å². The molecule has 0 saturated carbocycles. The molecule has 3 rings (SSSR count). The van der Waals surface area contributed by atoms with Gasteiger partial charge in [0, 0.05) is 18.8 Å². The molecule has 0 unspecified atom stereocenters. The summed E-state index contributed by atoms with van der Waals surface area (Å²) in [6.07, 6.45) is 1.58. The second kappa shape index (κ2) is 6.78. The van der Waals surface area contributed by atoms with Gasteiger partial charge in [0.15, 0.2) is 5.65 Å². The Labute approximate surface area is 147 Å². The van der Waals surface area contributed by atoms with E-state index in [0.717, 1.165) is 4.68 Å². The van der Waals surface area contributed by atoms with Gasteiger partial charge in [0.1, 0.15) is 6.54 Å². The molecule has 8 nitrogen and oxygen atoms in total. The number of hydrogen-bond acceptors (Lipinski definition) is 4. The van der Waals surface area contributed by atoms with E-state index < -0.39 is 11.6 Å². The van der Waals surface area contributed by atoms with Crippen molar-refractivity contribution in [3.8, 4) is 0 Å². The lowest BCUT2D eigenvalue weighted by molar-refractivity contribution is -0.117. The summed E-state index contributed by atoms with van der Waals surface area (Å²) >= 11 is 5.99. The predicted molar refractivity (Wildman–Crippen MR) is 93.8 cm³/mol. The van der Waals surface area contributed by atoms with Crippen molar-refractivity contribution in [2.24, 2.45) is 0 Å². The standard InChI is InChI=1S/C16H14ClN5O3/c1-10(23)18-13-8-11(5-6-12(13)17)19-15(24)9-22-16(25)21-7-3-2-4-14(21)20-22/h2-8H,9H2,1H3,(H,18,23)(H,19,24). The molecule has 2 amide bonds. The first-order chi connectivity index (χ1) is 11.9. The molecule has 1 aromatic carbocycles. The minimum Gasteiger partial charge on any atom is -0.325 e. The van der Waals surface area contributed by atoms with Crippen LogP contribution in [0.15, 0.2) is 47.4 Å². The van der Waals surface area contributed by atoms with Gasteiger partial charge in [0.25, 0.3) is 0 Å². The number of aromatic nitrogens is 3. The number of anilines is 2. The smallest absolute Gasteiger partial charge is 0.325 e. The summed E-state index contributed by atoms with van der Waals surface area (Å²) in [4.78, 5) is 35.5. The van der Waals surface area contributed by atoms with Crippen LogP contribution < -0.4 is 16.3 Å². The molecule has 9 heteroatoms. The third kappa shape index (κ3) is 3.69. The van der Waals surface area contributed by atoms with Crippen molar-refractivity contribution in [3.05, 3.63) is 58.1 Å². The second-order valence-corrected chi connectivity index (χ2v) is 5.70. The molecule has 0 spiro atoms. The first-order valence-corrected chi connectivity index (χ1v) is 7.73. The maximum Gasteiger partial charge on any atom is 0.350 e. The van der Waals surface area contributed by atoms with E-state index in [1.54, 1.807) is 36.5 Å². The summed E-state index contributed by atoms with van der Waals surface area (Å²) in [5.74, 6) is -0.705. The number of carbonyl (C=O) groups is 2. The van der Waals surface area contributed by atoms with Gasteiger partial charge in [-0.2, -0.15) is 0 Å². The van der Waals surface area contributed by atoms with E-state index in [-0.39, 0.29) is 12.5 Å². The summed E-state index contributed by atoms with van der Waals surface area (Å²) in [5, 5.41) is 9.66. The Morgan fingerprint density at radius 3 is 2.72 bits per heavy atom. The quantitative estimate of drug-likeness (QED) is 0.741. The molecule has 128 valence electrons. The molecule has 0 radical (unpaired) electrons. The van der Waals surface area contributed by atoms with E-state index in [0.29, 0.717) is 22.0 Å². The lowest BCUT2D eigenvalue weighted by atomic mass is 10.2. The molecule has 0 aliphatic carbocycles. The van der Waals surface area contributed by atoms with Gasteiger partial charge in [-0.05, 0) is 30.3 Å². The number of nitrogens with zero attached hydrogens (tertiary/aromatic N) is 3. The summed E-state index contributed by atoms with van der Waals surface area (Å²) in [5.41, 5.74) is 0.882. The van der Waals surface area contributed by atoms with Crippen molar-refractivity contribution in [3.63, 3.8) is 0 Å². The Balaban J connectivity index is 1.77. The van der Waals surface area contributed by atoms with Crippen molar-refractivity contribution < 1.29 is 9.59 Å². The SMILES string of the molecule is CC(=O)Nc1cc(NC(=O)Cn2nc3ccccn3c2=O)ccc1Cl. The molecule has 25 heavy (non-hydrogen) atoms. The van der Waals surface area contributed by atoms with Gasteiger partial charge < -0.3 is 10.6 Å². The molecule has 0 bridgehead atoms. The van der Waals surface area contributed by atoms with Crippen molar-refractivity contribution in [2.75, 3.05) is 10.6 Å². The van der Waals surface area contributed by atoms with Crippen molar-refractivity contribution in [1.29, 1.82) is 0 Å². The van der Waals surface area contributed by atoms with Gasteiger partial charge in [-0.25, -0.2) is 9.48 Å². The highest BCUT2D eigenvalue weighted by Crippen LogP contribution is 2.25. The summed E-state index contributed by atoms with van der Waals surface area (Å²) in [6, 6.07) is 9.82. The summed E-state index contributed by atoms with van der Waals surface area (Å²) in [7, 11) is 0. The van der Waals surface area contributed by atoms with E-state index in [1.807, 2.05) is 0 Å². The number of carbonyl (C=O) groups excluding carboxylic acids is 2. The minimum atomic E-state index is -0.429. The monoisotopic (exact) mass is 359 g/mol. The number of nitrogens with one attached hydrogen (secondary N) is 2. The summed E-state index contributed by atoms with van der Waals surface area (Å²) in [6.45, 7) is 1.12. The highest BCUT2D eigenvalue weighted by molar-refractivity contribution is 6.33. The molecule has 0 atom stereocenters.